The van der Waals surface area contributed by atoms with Gasteiger partial charge in [-0.3, -0.25) is 0 Å². The first-order valence-electron chi connectivity index (χ1n) is 8.96. The summed E-state index contributed by atoms with van der Waals surface area (Å²) in [6, 6.07) is 7.38. The summed E-state index contributed by atoms with van der Waals surface area (Å²) in [6.45, 7) is 10.3. The van der Waals surface area contributed by atoms with Gasteiger partial charge in [0.05, 0.1) is 0 Å². The molecule has 0 amide bonds. The minimum absolute atomic E-state index is 0.555. The Morgan fingerprint density at radius 3 is 2.71 bits per heavy atom. The summed E-state index contributed by atoms with van der Waals surface area (Å²) < 4.78 is 0. The highest BCUT2D eigenvalue weighted by molar-refractivity contribution is 5.35. The second kappa shape index (κ2) is 7.98. The Labute approximate surface area is 131 Å². The number of hydrogen-bond acceptors (Lipinski definition) is 1. The zero-order valence-corrected chi connectivity index (χ0v) is 14.4. The van der Waals surface area contributed by atoms with Gasteiger partial charge in [-0.2, -0.15) is 0 Å². The predicted molar refractivity (Wildman–Crippen MR) is 92.7 cm³/mol. The maximum absolute atomic E-state index is 3.87. The van der Waals surface area contributed by atoms with Crippen molar-refractivity contribution in [1.82, 2.24) is 5.32 Å². The number of nitrogens with one attached hydrogen (secondary N) is 1. The summed E-state index contributed by atoms with van der Waals surface area (Å²) in [4.78, 5) is 0. The van der Waals surface area contributed by atoms with Crippen molar-refractivity contribution in [3.05, 3.63) is 34.9 Å². The third-order valence-corrected chi connectivity index (χ3v) is 5.47. The highest BCUT2D eigenvalue weighted by Crippen LogP contribution is 2.39. The highest BCUT2D eigenvalue weighted by atomic mass is 14.9. The van der Waals surface area contributed by atoms with Crippen LogP contribution in [-0.4, -0.2) is 6.54 Å². The van der Waals surface area contributed by atoms with Crippen molar-refractivity contribution in [1.29, 1.82) is 0 Å². The molecule has 1 aliphatic carbocycles. The zero-order chi connectivity index (χ0) is 15.2. The van der Waals surface area contributed by atoms with Gasteiger partial charge in [-0.15, -0.1) is 0 Å². The first kappa shape index (κ1) is 16.5. The van der Waals surface area contributed by atoms with Crippen molar-refractivity contribution in [3.63, 3.8) is 0 Å². The van der Waals surface area contributed by atoms with Gasteiger partial charge >= 0.3 is 0 Å². The fraction of sp³-hybridized carbons (Fsp3) is 0.700. The molecule has 0 bridgehead atoms. The van der Waals surface area contributed by atoms with Crippen LogP contribution < -0.4 is 5.32 Å². The summed E-state index contributed by atoms with van der Waals surface area (Å²) in [5, 5.41) is 3.87. The monoisotopic (exact) mass is 287 g/mol. The largest absolute Gasteiger partial charge is 0.310 e. The fourth-order valence-electron chi connectivity index (χ4n) is 3.95. The van der Waals surface area contributed by atoms with Crippen LogP contribution in [0.4, 0.5) is 0 Å². The molecule has 1 aromatic rings. The van der Waals surface area contributed by atoms with Gasteiger partial charge in [0.1, 0.15) is 0 Å². The molecule has 1 fully saturated rings. The maximum atomic E-state index is 3.87. The van der Waals surface area contributed by atoms with Crippen LogP contribution in [0.25, 0.3) is 0 Å². The van der Waals surface area contributed by atoms with E-state index < -0.39 is 0 Å². The third-order valence-electron chi connectivity index (χ3n) is 5.47. The van der Waals surface area contributed by atoms with Gasteiger partial charge in [-0.05, 0) is 68.2 Å². The lowest BCUT2D eigenvalue weighted by Gasteiger charge is -2.36. The minimum Gasteiger partial charge on any atom is -0.310 e. The van der Waals surface area contributed by atoms with Gasteiger partial charge in [0, 0.05) is 6.04 Å². The minimum atomic E-state index is 0.555. The van der Waals surface area contributed by atoms with Crippen molar-refractivity contribution >= 4 is 0 Å². The van der Waals surface area contributed by atoms with E-state index in [1.165, 1.54) is 49.7 Å². The molecule has 3 atom stereocenters. The molecule has 0 aliphatic heterocycles. The summed E-state index contributed by atoms with van der Waals surface area (Å²) in [5.74, 6) is 1.76. The van der Waals surface area contributed by atoms with E-state index in [-0.39, 0.29) is 0 Å². The standard InChI is InChI=1S/C20H33N/c1-5-13-21-20(18-11-8-10-17(6-2)14-18)19-12-7-9-15(3)16(19)4/h7,9,12,17-18,20-21H,5-6,8,10-11,13-14H2,1-4H3. The van der Waals surface area contributed by atoms with Crippen LogP contribution in [0.1, 0.15) is 75.1 Å². The Balaban J connectivity index is 2.23. The topological polar surface area (TPSA) is 12.0 Å². The van der Waals surface area contributed by atoms with Crippen molar-refractivity contribution < 1.29 is 0 Å². The van der Waals surface area contributed by atoms with E-state index in [0.29, 0.717) is 6.04 Å². The molecule has 0 saturated heterocycles. The highest BCUT2D eigenvalue weighted by Gasteiger charge is 2.29. The van der Waals surface area contributed by atoms with E-state index >= 15 is 0 Å². The van der Waals surface area contributed by atoms with E-state index in [1.54, 1.807) is 5.56 Å². The average Bonchev–Trinajstić information content (AvgIpc) is 2.52. The Kier molecular flexibility index (Phi) is 6.29. The third kappa shape index (κ3) is 4.10. The van der Waals surface area contributed by atoms with Crippen LogP contribution in [-0.2, 0) is 0 Å². The molecule has 1 saturated carbocycles. The molecule has 3 unspecified atom stereocenters. The molecule has 1 aliphatic rings. The van der Waals surface area contributed by atoms with Crippen molar-refractivity contribution in [2.45, 2.75) is 72.3 Å². The molecule has 118 valence electrons. The van der Waals surface area contributed by atoms with E-state index in [2.05, 4.69) is 51.2 Å². The fourth-order valence-corrected chi connectivity index (χ4v) is 3.95. The molecular weight excluding hydrogens is 254 g/mol. The van der Waals surface area contributed by atoms with Crippen molar-refractivity contribution in [2.75, 3.05) is 6.54 Å². The van der Waals surface area contributed by atoms with Gasteiger partial charge in [-0.25, -0.2) is 0 Å². The van der Waals surface area contributed by atoms with Crippen LogP contribution in [0.2, 0.25) is 0 Å². The van der Waals surface area contributed by atoms with Crippen LogP contribution in [0, 0.1) is 25.7 Å². The molecule has 1 aromatic carbocycles. The average molecular weight is 287 g/mol. The first-order valence-corrected chi connectivity index (χ1v) is 8.96. The molecule has 2 rings (SSSR count). The van der Waals surface area contributed by atoms with E-state index in [9.17, 15) is 0 Å². The summed E-state index contributed by atoms with van der Waals surface area (Å²) in [5.41, 5.74) is 4.47. The van der Waals surface area contributed by atoms with Crippen LogP contribution in [0.15, 0.2) is 18.2 Å². The number of aryl methyl sites for hydroxylation is 1. The van der Waals surface area contributed by atoms with Gasteiger partial charge < -0.3 is 5.32 Å². The van der Waals surface area contributed by atoms with Gasteiger partial charge in [0.2, 0.25) is 0 Å². The zero-order valence-electron chi connectivity index (χ0n) is 14.4. The molecule has 1 nitrogen and oxygen atoms in total. The molecular formula is C20H33N. The molecule has 1 N–H and O–H groups in total. The van der Waals surface area contributed by atoms with Crippen LogP contribution in [0.5, 0.6) is 0 Å². The number of rotatable bonds is 6. The predicted octanol–water partition coefficient (Wildman–Crippen LogP) is 5.56. The second-order valence-electron chi connectivity index (χ2n) is 6.92. The first-order chi connectivity index (χ1) is 10.2. The van der Waals surface area contributed by atoms with E-state index in [1.807, 2.05) is 0 Å². The Morgan fingerprint density at radius 2 is 2.00 bits per heavy atom. The van der Waals surface area contributed by atoms with Crippen molar-refractivity contribution in [2.24, 2.45) is 11.8 Å². The summed E-state index contributed by atoms with van der Waals surface area (Å²) >= 11 is 0. The van der Waals surface area contributed by atoms with E-state index in [4.69, 9.17) is 0 Å². The smallest absolute Gasteiger partial charge is 0.0351 e. The van der Waals surface area contributed by atoms with E-state index in [0.717, 1.165) is 18.4 Å². The van der Waals surface area contributed by atoms with Crippen molar-refractivity contribution in [3.8, 4) is 0 Å². The van der Waals surface area contributed by atoms with Gasteiger partial charge in [0.25, 0.3) is 0 Å². The Bertz CT molecular complexity index is 437. The molecule has 21 heavy (non-hydrogen) atoms. The molecule has 0 spiro atoms. The maximum Gasteiger partial charge on any atom is 0.0351 e. The summed E-state index contributed by atoms with van der Waals surface area (Å²) in [7, 11) is 0. The lowest BCUT2D eigenvalue weighted by atomic mass is 9.74. The molecule has 0 radical (unpaired) electrons. The summed E-state index contributed by atoms with van der Waals surface area (Å²) in [6.07, 6.45) is 8.23. The molecule has 1 heteroatoms. The molecule has 0 aromatic heterocycles. The number of hydrogen-bond donors (Lipinski definition) is 1. The van der Waals surface area contributed by atoms with Gasteiger partial charge in [0.15, 0.2) is 0 Å². The lowest BCUT2D eigenvalue weighted by molar-refractivity contribution is 0.209. The normalized spacial score (nSPS) is 24.0. The Morgan fingerprint density at radius 1 is 1.19 bits per heavy atom. The van der Waals surface area contributed by atoms with Crippen LogP contribution in [0.3, 0.4) is 0 Å². The second-order valence-corrected chi connectivity index (χ2v) is 6.92. The Hall–Kier alpha value is -0.820. The van der Waals surface area contributed by atoms with Gasteiger partial charge in [-0.1, -0.05) is 51.3 Å². The SMILES string of the molecule is CCCNC(c1cccc(C)c1C)C1CCCC(CC)C1. The molecule has 0 heterocycles. The number of benzene rings is 1. The lowest BCUT2D eigenvalue weighted by Crippen LogP contribution is -2.32. The van der Waals surface area contributed by atoms with Crippen LogP contribution >= 0.6 is 0 Å². The quantitative estimate of drug-likeness (QED) is 0.722.